The first-order valence-electron chi connectivity index (χ1n) is 10.7. The van der Waals surface area contributed by atoms with Crippen molar-refractivity contribution in [1.29, 1.82) is 0 Å². The van der Waals surface area contributed by atoms with Crippen LogP contribution in [0.5, 0.6) is 0 Å². The fourth-order valence-corrected chi connectivity index (χ4v) is 4.08. The summed E-state index contributed by atoms with van der Waals surface area (Å²) in [4.78, 5) is 0. The Kier molecular flexibility index (Phi) is 6.31. The Balaban J connectivity index is 1.88. The third-order valence-electron chi connectivity index (χ3n) is 6.08. The zero-order valence-corrected chi connectivity index (χ0v) is 18.7. The van der Waals surface area contributed by atoms with Gasteiger partial charge in [0, 0.05) is 5.69 Å². The molecule has 3 rings (SSSR count). The SMILES string of the molecule is C=CCc1ccc(C([BH2-]c2n(C)cc[n+]2C)Nc2ccc(C(C)(C)C)cc2)cc1. The van der Waals surface area contributed by atoms with Crippen molar-refractivity contribution in [2.45, 2.75) is 38.5 Å². The number of benzene rings is 2. The van der Waals surface area contributed by atoms with Gasteiger partial charge in [-0.3, -0.25) is 9.13 Å². The minimum atomic E-state index is -0.469. The molecular formula is C25H34BN3. The van der Waals surface area contributed by atoms with Gasteiger partial charge in [-0.15, -0.1) is 6.58 Å². The van der Waals surface area contributed by atoms with Crippen LogP contribution in [-0.4, -0.2) is 11.8 Å². The van der Waals surface area contributed by atoms with Crippen LogP contribution in [0.1, 0.15) is 43.4 Å². The molecule has 0 bridgehead atoms. The standard InChI is InChI=1S/C25H34BN3/c1-7-8-19-9-11-20(12-10-19)23(26-24-28(5)17-18-29(24)6)27-22-15-13-21(14-16-22)25(2,3)4/h7,9-18,23,27H,1,8,26H2,2-6H3. The maximum Gasteiger partial charge on any atom is 0.126 e. The number of nitrogens with one attached hydrogen (secondary N) is 1. The molecule has 1 atom stereocenters. The van der Waals surface area contributed by atoms with Crippen molar-refractivity contribution in [2.24, 2.45) is 14.1 Å². The summed E-state index contributed by atoms with van der Waals surface area (Å²) in [7, 11) is 3.81. The predicted octanol–water partition coefficient (Wildman–Crippen LogP) is 3.48. The largest absolute Gasteiger partial charge is 0.413 e. The molecule has 1 aromatic heterocycles. The second kappa shape index (κ2) is 8.73. The monoisotopic (exact) mass is 387 g/mol. The van der Waals surface area contributed by atoms with E-state index >= 15 is 0 Å². The number of aromatic nitrogens is 2. The minimum absolute atomic E-state index is 0.170. The zero-order chi connectivity index (χ0) is 21.0. The van der Waals surface area contributed by atoms with Crippen LogP contribution in [0.3, 0.4) is 0 Å². The molecule has 0 aliphatic rings. The first-order valence-corrected chi connectivity index (χ1v) is 10.7. The zero-order valence-electron chi connectivity index (χ0n) is 18.7. The molecule has 1 heterocycles. The van der Waals surface area contributed by atoms with E-state index in [1.807, 2.05) is 6.08 Å². The number of aryl methyl sites for hydroxylation is 2. The first-order chi connectivity index (χ1) is 13.8. The molecule has 0 saturated heterocycles. The van der Waals surface area contributed by atoms with E-state index in [-0.39, 0.29) is 5.41 Å². The lowest BCUT2D eigenvalue weighted by Gasteiger charge is -2.26. The molecule has 0 saturated carbocycles. The molecule has 4 heteroatoms. The molecule has 2 aromatic carbocycles. The lowest BCUT2D eigenvalue weighted by molar-refractivity contribution is -0.653. The second-order valence-electron chi connectivity index (χ2n) is 9.28. The predicted molar refractivity (Wildman–Crippen MR) is 127 cm³/mol. The van der Waals surface area contributed by atoms with Crippen LogP contribution in [0.4, 0.5) is 5.69 Å². The highest BCUT2D eigenvalue weighted by molar-refractivity contribution is 6.52. The lowest BCUT2D eigenvalue weighted by Crippen LogP contribution is -2.52. The van der Waals surface area contributed by atoms with Gasteiger partial charge >= 0.3 is 0 Å². The molecule has 0 spiro atoms. The van der Waals surface area contributed by atoms with Crippen molar-refractivity contribution in [3.63, 3.8) is 0 Å². The van der Waals surface area contributed by atoms with E-state index < -0.39 is 7.28 Å². The Morgan fingerprint density at radius 1 is 1.10 bits per heavy atom. The summed E-state index contributed by atoms with van der Waals surface area (Å²) in [6.07, 6.45) is 7.15. The molecule has 3 nitrogen and oxygen atoms in total. The third kappa shape index (κ3) is 5.20. The van der Waals surface area contributed by atoms with Gasteiger partial charge in [0.05, 0.1) is 19.8 Å². The summed E-state index contributed by atoms with van der Waals surface area (Å²) in [5.41, 5.74) is 6.77. The summed E-state index contributed by atoms with van der Waals surface area (Å²) in [6, 6.07) is 17.9. The number of allylic oxidation sites excluding steroid dienone is 1. The highest BCUT2D eigenvalue weighted by Crippen LogP contribution is 2.25. The van der Waals surface area contributed by atoms with Gasteiger partial charge in [-0.25, -0.2) is 0 Å². The van der Waals surface area contributed by atoms with Crippen molar-refractivity contribution < 1.29 is 4.57 Å². The number of nitrogens with zero attached hydrogens (tertiary/aromatic N) is 2. The number of imidazole rings is 1. The van der Waals surface area contributed by atoms with Crippen LogP contribution in [0.15, 0.2) is 73.6 Å². The normalized spacial score (nSPS) is 12.6. The first kappa shape index (κ1) is 21.0. The van der Waals surface area contributed by atoms with Crippen molar-refractivity contribution in [2.75, 3.05) is 5.32 Å². The fraction of sp³-hybridized carbons (Fsp3) is 0.320. The highest BCUT2D eigenvalue weighted by Gasteiger charge is 2.16. The van der Waals surface area contributed by atoms with Gasteiger partial charge < -0.3 is 5.32 Å². The topological polar surface area (TPSA) is 20.8 Å². The summed E-state index contributed by atoms with van der Waals surface area (Å²) < 4.78 is 4.51. The Bertz CT molecular complexity index is 928. The van der Waals surface area contributed by atoms with Gasteiger partial charge in [-0.2, -0.15) is 0 Å². The number of anilines is 1. The van der Waals surface area contributed by atoms with E-state index in [1.165, 1.54) is 28.1 Å². The summed E-state index contributed by atoms with van der Waals surface area (Å²) in [5, 5.41) is 3.83. The van der Waals surface area contributed by atoms with Crippen molar-refractivity contribution in [1.82, 2.24) is 4.57 Å². The van der Waals surface area contributed by atoms with E-state index in [4.69, 9.17) is 0 Å². The van der Waals surface area contributed by atoms with E-state index in [0.717, 1.165) is 6.42 Å². The van der Waals surface area contributed by atoms with Crippen LogP contribution in [0, 0.1) is 0 Å². The third-order valence-corrected chi connectivity index (χ3v) is 6.08. The fourth-order valence-electron chi connectivity index (χ4n) is 4.08. The van der Waals surface area contributed by atoms with Crippen molar-refractivity contribution >= 4 is 18.7 Å². The maximum absolute atomic E-state index is 3.85. The molecule has 0 amide bonds. The van der Waals surface area contributed by atoms with Gasteiger partial charge in [0.2, 0.25) is 0 Å². The molecule has 29 heavy (non-hydrogen) atoms. The van der Waals surface area contributed by atoms with Crippen LogP contribution >= 0.6 is 0 Å². The molecule has 1 N–H and O–H groups in total. The van der Waals surface area contributed by atoms with Crippen molar-refractivity contribution in [3.05, 3.63) is 90.3 Å². The van der Waals surface area contributed by atoms with Gasteiger partial charge in [-0.1, -0.05) is 74.8 Å². The maximum atomic E-state index is 3.85. The average molecular weight is 387 g/mol. The van der Waals surface area contributed by atoms with Gasteiger partial charge in [0.15, 0.2) is 0 Å². The Hall–Kier alpha value is -2.75. The van der Waals surface area contributed by atoms with Gasteiger partial charge in [0.1, 0.15) is 19.7 Å². The van der Waals surface area contributed by atoms with E-state index in [1.54, 1.807) is 0 Å². The highest BCUT2D eigenvalue weighted by atomic mass is 15.1. The van der Waals surface area contributed by atoms with Gasteiger partial charge in [0.25, 0.3) is 0 Å². The number of rotatable bonds is 7. The number of hydrogen-bond donors (Lipinski definition) is 1. The Labute approximate surface area is 176 Å². The summed E-state index contributed by atoms with van der Waals surface area (Å²) >= 11 is 0. The molecule has 152 valence electrons. The van der Waals surface area contributed by atoms with Gasteiger partial charge in [-0.05, 0) is 35.1 Å². The summed E-state index contributed by atoms with van der Waals surface area (Å²) in [6.45, 7) is 10.6. The second-order valence-corrected chi connectivity index (χ2v) is 9.28. The molecule has 1 unspecified atom stereocenters. The van der Waals surface area contributed by atoms with E-state index in [0.29, 0.717) is 5.94 Å². The molecule has 3 aromatic rings. The van der Waals surface area contributed by atoms with Crippen LogP contribution in [-0.2, 0) is 25.9 Å². The molecule has 0 radical (unpaired) electrons. The smallest absolute Gasteiger partial charge is 0.126 e. The van der Waals surface area contributed by atoms with Crippen LogP contribution in [0.2, 0.25) is 0 Å². The summed E-state index contributed by atoms with van der Waals surface area (Å²) in [5.74, 6) is 0.313. The average Bonchev–Trinajstić information content (AvgIpc) is 3.00. The molecule has 0 aliphatic heterocycles. The van der Waals surface area contributed by atoms with Crippen LogP contribution in [0.25, 0.3) is 0 Å². The number of hydrogen-bond acceptors (Lipinski definition) is 1. The van der Waals surface area contributed by atoms with E-state index in [9.17, 15) is 0 Å². The lowest BCUT2D eigenvalue weighted by atomic mass is 9.65. The molecule has 0 aliphatic carbocycles. The molecule has 0 fully saturated rings. The minimum Gasteiger partial charge on any atom is -0.413 e. The Morgan fingerprint density at radius 3 is 2.28 bits per heavy atom. The molecular weight excluding hydrogens is 353 g/mol. The van der Waals surface area contributed by atoms with E-state index in [2.05, 4.69) is 117 Å². The Morgan fingerprint density at radius 2 is 1.76 bits per heavy atom. The van der Waals surface area contributed by atoms with Crippen molar-refractivity contribution in [3.8, 4) is 0 Å². The quantitative estimate of drug-likeness (QED) is 0.374. The van der Waals surface area contributed by atoms with Crippen LogP contribution < -0.4 is 15.6 Å².